The van der Waals surface area contributed by atoms with Crippen LogP contribution in [0.1, 0.15) is 15.9 Å². The number of hydrogen-bond donors (Lipinski definition) is 2. The number of pyridine rings is 1. The van der Waals surface area contributed by atoms with E-state index in [0.29, 0.717) is 12.4 Å². The summed E-state index contributed by atoms with van der Waals surface area (Å²) in [5.74, 6) is -0.00943. The Balaban J connectivity index is 1.77. The average molecular weight is 420 g/mol. The quantitative estimate of drug-likeness (QED) is 0.524. The molecule has 3 aromatic rings. The maximum absolute atomic E-state index is 13.6. The molecule has 2 aromatic carbocycles. The van der Waals surface area contributed by atoms with Crippen LogP contribution in [-0.4, -0.2) is 18.0 Å². The van der Waals surface area contributed by atoms with Crippen LogP contribution in [0.15, 0.2) is 54.6 Å². The van der Waals surface area contributed by atoms with Crippen LogP contribution < -0.4 is 15.4 Å². The van der Waals surface area contributed by atoms with Gasteiger partial charge in [-0.3, -0.25) is 4.79 Å². The lowest BCUT2D eigenvalue weighted by Crippen LogP contribution is -2.16. The van der Waals surface area contributed by atoms with Crippen molar-refractivity contribution in [1.29, 1.82) is 0 Å². The molecule has 0 aliphatic heterocycles. The van der Waals surface area contributed by atoms with Crippen LogP contribution in [0.5, 0.6) is 5.75 Å². The molecular weight excluding hydrogens is 404 g/mol. The first-order valence-electron chi connectivity index (χ1n) is 8.26. The average Bonchev–Trinajstić information content (AvgIpc) is 2.69. The Hall–Kier alpha value is -2.83. The van der Waals surface area contributed by atoms with Gasteiger partial charge in [0.15, 0.2) is 0 Å². The fourth-order valence-electron chi connectivity index (χ4n) is 2.45. The molecule has 1 heterocycles. The number of amides is 1. The summed E-state index contributed by atoms with van der Waals surface area (Å²) in [7, 11) is 1.60. The first-order valence-corrected chi connectivity index (χ1v) is 9.01. The van der Waals surface area contributed by atoms with Crippen LogP contribution in [0.4, 0.5) is 15.9 Å². The molecule has 1 amide bonds. The highest BCUT2D eigenvalue weighted by Crippen LogP contribution is 2.22. The van der Waals surface area contributed by atoms with Crippen LogP contribution in [0.25, 0.3) is 0 Å². The van der Waals surface area contributed by atoms with E-state index in [1.165, 1.54) is 18.2 Å². The second kappa shape index (κ2) is 8.91. The van der Waals surface area contributed by atoms with E-state index in [2.05, 4.69) is 15.6 Å². The van der Waals surface area contributed by atoms with Crippen LogP contribution in [0.2, 0.25) is 10.2 Å². The molecule has 0 bridgehead atoms. The van der Waals surface area contributed by atoms with Crippen LogP contribution in [0.3, 0.4) is 0 Å². The molecule has 0 saturated heterocycles. The SMILES string of the molecule is COc1ccc(CNc2nc(Cl)ccc2C(=O)Nc2ccc(Cl)c(F)c2)cc1. The Morgan fingerprint density at radius 2 is 1.86 bits per heavy atom. The van der Waals surface area contributed by atoms with Crippen molar-refractivity contribution in [3.8, 4) is 5.75 Å². The highest BCUT2D eigenvalue weighted by molar-refractivity contribution is 6.31. The van der Waals surface area contributed by atoms with Gasteiger partial charge < -0.3 is 15.4 Å². The number of aromatic nitrogens is 1. The number of carbonyl (C=O) groups is 1. The summed E-state index contributed by atoms with van der Waals surface area (Å²) < 4.78 is 18.7. The summed E-state index contributed by atoms with van der Waals surface area (Å²) in [6.45, 7) is 0.424. The number of halogens is 3. The molecule has 3 rings (SSSR count). The monoisotopic (exact) mass is 419 g/mol. The fraction of sp³-hybridized carbons (Fsp3) is 0.100. The molecule has 0 aliphatic carbocycles. The summed E-state index contributed by atoms with van der Waals surface area (Å²) in [6.07, 6.45) is 0. The molecule has 0 atom stereocenters. The number of nitrogens with zero attached hydrogens (tertiary/aromatic N) is 1. The zero-order valence-electron chi connectivity index (χ0n) is 14.8. The molecule has 28 heavy (non-hydrogen) atoms. The van der Waals surface area contributed by atoms with Crippen LogP contribution >= 0.6 is 23.2 Å². The summed E-state index contributed by atoms with van der Waals surface area (Å²) in [5.41, 5.74) is 1.52. The normalized spacial score (nSPS) is 10.4. The number of rotatable bonds is 6. The smallest absolute Gasteiger partial charge is 0.259 e. The summed E-state index contributed by atoms with van der Waals surface area (Å²) in [4.78, 5) is 16.8. The Morgan fingerprint density at radius 1 is 1.11 bits per heavy atom. The predicted molar refractivity (Wildman–Crippen MR) is 109 cm³/mol. The van der Waals surface area contributed by atoms with Gasteiger partial charge in [0.1, 0.15) is 22.5 Å². The second-order valence-electron chi connectivity index (χ2n) is 5.81. The van der Waals surface area contributed by atoms with E-state index in [1.54, 1.807) is 13.2 Å². The van der Waals surface area contributed by atoms with Gasteiger partial charge in [0.25, 0.3) is 5.91 Å². The summed E-state index contributed by atoms with van der Waals surface area (Å²) >= 11 is 11.6. The Bertz CT molecular complexity index is 997. The van der Waals surface area contributed by atoms with Gasteiger partial charge in [-0.1, -0.05) is 35.3 Å². The van der Waals surface area contributed by atoms with E-state index >= 15 is 0 Å². The second-order valence-corrected chi connectivity index (χ2v) is 6.61. The van der Waals surface area contributed by atoms with Crippen LogP contribution in [-0.2, 0) is 6.54 Å². The Labute approximate surface area is 171 Å². The molecule has 0 aliphatic rings. The molecule has 0 saturated carbocycles. The molecule has 0 unspecified atom stereocenters. The van der Waals surface area contributed by atoms with Gasteiger partial charge in [-0.05, 0) is 48.0 Å². The zero-order chi connectivity index (χ0) is 20.1. The van der Waals surface area contributed by atoms with Crippen LogP contribution in [0, 0.1) is 5.82 Å². The van der Waals surface area contributed by atoms with Crippen molar-refractivity contribution in [2.45, 2.75) is 6.54 Å². The summed E-state index contributed by atoms with van der Waals surface area (Å²) in [5, 5.41) is 5.95. The lowest BCUT2D eigenvalue weighted by Gasteiger charge is -2.12. The van der Waals surface area contributed by atoms with Gasteiger partial charge in [0.2, 0.25) is 0 Å². The lowest BCUT2D eigenvalue weighted by molar-refractivity contribution is 0.102. The van der Waals surface area contributed by atoms with E-state index < -0.39 is 11.7 Å². The standard InChI is InChI=1S/C20H16Cl2FN3O2/c1-28-14-5-2-12(3-6-14)11-24-19-15(7-9-18(22)26-19)20(27)25-13-4-8-16(21)17(23)10-13/h2-10H,11H2,1H3,(H,24,26)(H,25,27). The minimum absolute atomic E-state index is 0.0204. The van der Waals surface area contributed by atoms with Gasteiger partial charge in [0, 0.05) is 12.2 Å². The van der Waals surface area contributed by atoms with Crippen molar-refractivity contribution in [2.75, 3.05) is 17.7 Å². The van der Waals surface area contributed by atoms with Gasteiger partial charge >= 0.3 is 0 Å². The third-order valence-electron chi connectivity index (χ3n) is 3.90. The molecule has 5 nitrogen and oxygen atoms in total. The first-order chi connectivity index (χ1) is 13.5. The highest BCUT2D eigenvalue weighted by atomic mass is 35.5. The van der Waals surface area contributed by atoms with Crippen molar-refractivity contribution >= 4 is 40.6 Å². The molecule has 0 radical (unpaired) electrons. The third kappa shape index (κ3) is 4.91. The Morgan fingerprint density at radius 3 is 2.54 bits per heavy atom. The lowest BCUT2D eigenvalue weighted by atomic mass is 10.2. The maximum Gasteiger partial charge on any atom is 0.259 e. The van der Waals surface area contributed by atoms with Crippen molar-refractivity contribution in [3.05, 3.63) is 81.7 Å². The summed E-state index contributed by atoms with van der Waals surface area (Å²) in [6, 6.07) is 14.6. The van der Waals surface area contributed by atoms with E-state index in [1.807, 2.05) is 24.3 Å². The number of benzene rings is 2. The number of ether oxygens (including phenoxy) is 1. The maximum atomic E-state index is 13.6. The van der Waals surface area contributed by atoms with E-state index in [4.69, 9.17) is 27.9 Å². The predicted octanol–water partition coefficient (Wildman–Crippen LogP) is 5.40. The van der Waals surface area contributed by atoms with Gasteiger partial charge in [-0.25, -0.2) is 9.37 Å². The molecule has 8 heteroatoms. The number of methoxy groups -OCH3 is 1. The molecule has 2 N–H and O–H groups in total. The number of anilines is 2. The van der Waals surface area contributed by atoms with E-state index in [9.17, 15) is 9.18 Å². The topological polar surface area (TPSA) is 63.2 Å². The van der Waals surface area contributed by atoms with Gasteiger partial charge in [-0.15, -0.1) is 0 Å². The molecule has 0 fully saturated rings. The number of nitrogens with one attached hydrogen (secondary N) is 2. The third-order valence-corrected chi connectivity index (χ3v) is 4.42. The van der Waals surface area contributed by atoms with Crippen molar-refractivity contribution in [1.82, 2.24) is 4.98 Å². The van der Waals surface area contributed by atoms with E-state index in [0.717, 1.165) is 17.4 Å². The molecule has 1 aromatic heterocycles. The van der Waals surface area contributed by atoms with Gasteiger partial charge in [0.05, 0.1) is 17.7 Å². The van der Waals surface area contributed by atoms with E-state index in [-0.39, 0.29) is 21.4 Å². The molecule has 0 spiro atoms. The molecular formula is C20H16Cl2FN3O2. The first kappa shape index (κ1) is 19.9. The minimum atomic E-state index is -0.619. The van der Waals surface area contributed by atoms with Crippen molar-refractivity contribution in [2.24, 2.45) is 0 Å². The largest absolute Gasteiger partial charge is 0.497 e. The highest BCUT2D eigenvalue weighted by Gasteiger charge is 2.14. The molecule has 144 valence electrons. The van der Waals surface area contributed by atoms with Crippen molar-refractivity contribution < 1.29 is 13.9 Å². The minimum Gasteiger partial charge on any atom is -0.497 e. The zero-order valence-corrected chi connectivity index (χ0v) is 16.3. The Kier molecular flexibility index (Phi) is 6.34. The van der Waals surface area contributed by atoms with Crippen molar-refractivity contribution in [3.63, 3.8) is 0 Å². The van der Waals surface area contributed by atoms with Gasteiger partial charge in [-0.2, -0.15) is 0 Å². The number of carbonyl (C=O) groups excluding carboxylic acids is 1. The fourth-order valence-corrected chi connectivity index (χ4v) is 2.72. The number of hydrogen-bond acceptors (Lipinski definition) is 4.